The predicted octanol–water partition coefficient (Wildman–Crippen LogP) is 4.25. The van der Waals surface area contributed by atoms with Gasteiger partial charge in [0.2, 0.25) is 5.91 Å². The molecule has 0 radical (unpaired) electrons. The highest BCUT2D eigenvalue weighted by Gasteiger charge is 2.22. The van der Waals surface area contributed by atoms with E-state index in [9.17, 15) is 4.79 Å². The van der Waals surface area contributed by atoms with Gasteiger partial charge >= 0.3 is 0 Å². The molecule has 1 aromatic carbocycles. The number of carbonyl (C=O) groups excluding carboxylic acids is 1. The van der Waals surface area contributed by atoms with Crippen molar-refractivity contribution in [2.45, 2.75) is 37.8 Å². The Labute approximate surface area is 173 Å². The van der Waals surface area contributed by atoms with Gasteiger partial charge in [0.1, 0.15) is 21.4 Å². The van der Waals surface area contributed by atoms with Crippen LogP contribution in [0.4, 0.5) is 0 Å². The molecule has 5 nitrogen and oxygen atoms in total. The number of hydrogen-bond acceptors (Lipinski definition) is 6. The lowest BCUT2D eigenvalue weighted by atomic mass is 10.2. The largest absolute Gasteiger partial charge is 0.497 e. The van der Waals surface area contributed by atoms with Crippen molar-refractivity contribution < 1.29 is 9.53 Å². The van der Waals surface area contributed by atoms with Gasteiger partial charge in [-0.15, -0.1) is 11.3 Å². The number of aryl methyl sites for hydroxylation is 3. The summed E-state index contributed by atoms with van der Waals surface area (Å²) in [7, 11) is 3.49. The maximum Gasteiger partial charge on any atom is 0.233 e. The zero-order valence-corrected chi connectivity index (χ0v) is 18.0. The van der Waals surface area contributed by atoms with E-state index in [2.05, 4.69) is 9.97 Å². The van der Waals surface area contributed by atoms with Crippen molar-refractivity contribution >= 4 is 39.2 Å². The SMILES string of the molecule is COc1cccc(CN(C)C(=O)CSc2nc(C)nc3sc4c(c23)CCC4)c1. The second-order valence-corrected chi connectivity index (χ2v) is 9.05. The fraction of sp³-hybridized carbons (Fsp3) is 0.381. The molecule has 2 heterocycles. The van der Waals surface area contributed by atoms with E-state index < -0.39 is 0 Å². The van der Waals surface area contributed by atoms with E-state index in [1.165, 1.54) is 34.0 Å². The molecular formula is C21H23N3O2S2. The Kier molecular flexibility index (Phi) is 5.55. The van der Waals surface area contributed by atoms with Gasteiger partial charge in [0.15, 0.2) is 0 Å². The first-order valence-electron chi connectivity index (χ1n) is 9.33. The lowest BCUT2D eigenvalue weighted by molar-refractivity contribution is -0.127. The maximum atomic E-state index is 12.7. The Hall–Kier alpha value is -2.12. The average molecular weight is 414 g/mol. The van der Waals surface area contributed by atoms with Crippen LogP contribution in [-0.4, -0.2) is 40.7 Å². The Morgan fingerprint density at radius 2 is 2.18 bits per heavy atom. The van der Waals surface area contributed by atoms with Gasteiger partial charge in [0.25, 0.3) is 0 Å². The van der Waals surface area contributed by atoms with Crippen LogP contribution in [0.1, 0.15) is 28.2 Å². The molecule has 0 spiro atoms. The molecule has 0 bridgehead atoms. The first kappa shape index (κ1) is 19.2. The van der Waals surface area contributed by atoms with Crippen LogP contribution in [0.3, 0.4) is 0 Å². The van der Waals surface area contributed by atoms with Gasteiger partial charge < -0.3 is 9.64 Å². The van der Waals surface area contributed by atoms with Crippen molar-refractivity contribution in [1.82, 2.24) is 14.9 Å². The number of benzene rings is 1. The summed E-state index contributed by atoms with van der Waals surface area (Å²) in [6.07, 6.45) is 3.44. The normalized spacial score (nSPS) is 13.0. The molecule has 2 aromatic heterocycles. The van der Waals surface area contributed by atoms with Crippen molar-refractivity contribution in [1.29, 1.82) is 0 Å². The van der Waals surface area contributed by atoms with Crippen molar-refractivity contribution in [3.63, 3.8) is 0 Å². The summed E-state index contributed by atoms with van der Waals surface area (Å²) in [4.78, 5) is 26.2. The van der Waals surface area contributed by atoms with Crippen LogP contribution >= 0.6 is 23.1 Å². The molecule has 1 aliphatic rings. The number of carbonyl (C=O) groups is 1. The molecule has 3 aromatic rings. The molecule has 0 unspecified atom stereocenters. The lowest BCUT2D eigenvalue weighted by Crippen LogP contribution is -2.27. The third-order valence-corrected chi connectivity index (χ3v) is 7.10. The van der Waals surface area contributed by atoms with Gasteiger partial charge in [-0.05, 0) is 49.4 Å². The number of methoxy groups -OCH3 is 1. The number of amides is 1. The van der Waals surface area contributed by atoms with Crippen LogP contribution in [0.25, 0.3) is 10.2 Å². The van der Waals surface area contributed by atoms with Gasteiger partial charge in [0, 0.05) is 23.9 Å². The van der Waals surface area contributed by atoms with E-state index in [0.29, 0.717) is 12.3 Å². The van der Waals surface area contributed by atoms with E-state index in [-0.39, 0.29) is 5.91 Å². The van der Waals surface area contributed by atoms with Gasteiger partial charge in [0.05, 0.1) is 12.9 Å². The van der Waals surface area contributed by atoms with E-state index >= 15 is 0 Å². The fourth-order valence-corrected chi connectivity index (χ4v) is 5.95. The molecule has 146 valence electrons. The minimum Gasteiger partial charge on any atom is -0.497 e. The summed E-state index contributed by atoms with van der Waals surface area (Å²) in [6, 6.07) is 7.82. The van der Waals surface area contributed by atoms with Crippen LogP contribution in [0, 0.1) is 6.92 Å². The highest BCUT2D eigenvalue weighted by atomic mass is 32.2. The average Bonchev–Trinajstić information content (AvgIpc) is 3.26. The van der Waals surface area contributed by atoms with Crippen molar-refractivity contribution in [3.8, 4) is 5.75 Å². The second kappa shape index (κ2) is 8.09. The van der Waals surface area contributed by atoms with Gasteiger partial charge in [-0.2, -0.15) is 0 Å². The first-order chi connectivity index (χ1) is 13.5. The number of fused-ring (bicyclic) bond motifs is 3. The van der Waals surface area contributed by atoms with Crippen LogP contribution in [0.15, 0.2) is 29.3 Å². The molecule has 7 heteroatoms. The van der Waals surface area contributed by atoms with Gasteiger partial charge in [-0.25, -0.2) is 9.97 Å². The number of thiophene rings is 1. The number of ether oxygens (including phenoxy) is 1. The minimum absolute atomic E-state index is 0.0871. The molecule has 0 saturated carbocycles. The third kappa shape index (κ3) is 3.86. The molecule has 1 aliphatic carbocycles. The number of aromatic nitrogens is 2. The molecular weight excluding hydrogens is 390 g/mol. The molecule has 4 rings (SSSR count). The van der Waals surface area contributed by atoms with Crippen LogP contribution in [-0.2, 0) is 24.2 Å². The van der Waals surface area contributed by atoms with Crippen molar-refractivity contribution in [3.05, 3.63) is 46.1 Å². The number of rotatable bonds is 6. The summed E-state index contributed by atoms with van der Waals surface area (Å²) >= 11 is 3.32. The van der Waals surface area contributed by atoms with Crippen LogP contribution in [0.2, 0.25) is 0 Å². The summed E-state index contributed by atoms with van der Waals surface area (Å²) in [5.74, 6) is 2.03. The smallest absolute Gasteiger partial charge is 0.233 e. The Morgan fingerprint density at radius 3 is 3.00 bits per heavy atom. The summed E-state index contributed by atoms with van der Waals surface area (Å²) < 4.78 is 5.26. The predicted molar refractivity (Wildman–Crippen MR) is 114 cm³/mol. The van der Waals surface area contributed by atoms with Crippen molar-refractivity contribution in [2.24, 2.45) is 0 Å². The molecule has 0 saturated heterocycles. The number of hydrogen-bond donors (Lipinski definition) is 0. The number of thioether (sulfide) groups is 1. The van der Waals surface area contributed by atoms with Gasteiger partial charge in [-0.3, -0.25) is 4.79 Å². The summed E-state index contributed by atoms with van der Waals surface area (Å²) in [5, 5.41) is 2.13. The summed E-state index contributed by atoms with van der Waals surface area (Å²) in [6.45, 7) is 2.48. The van der Waals surface area contributed by atoms with Crippen LogP contribution < -0.4 is 4.74 Å². The van der Waals surface area contributed by atoms with E-state index in [1.807, 2.05) is 38.2 Å². The van der Waals surface area contributed by atoms with Crippen LogP contribution in [0.5, 0.6) is 5.75 Å². The molecule has 0 aliphatic heterocycles. The Balaban J connectivity index is 1.47. The standard InChI is InChI=1S/C21H23N3O2S2/c1-13-22-20(19-16-8-5-9-17(16)28-21(19)23-13)27-12-18(25)24(2)11-14-6-4-7-15(10-14)26-3/h4,6-7,10H,5,8-9,11-12H2,1-3H3. The fourth-order valence-electron chi connectivity index (χ4n) is 3.54. The highest BCUT2D eigenvalue weighted by Crippen LogP contribution is 2.40. The topological polar surface area (TPSA) is 55.3 Å². The quantitative estimate of drug-likeness (QED) is 0.447. The van der Waals surface area contributed by atoms with E-state index in [4.69, 9.17) is 4.74 Å². The maximum absolute atomic E-state index is 12.7. The second-order valence-electron chi connectivity index (χ2n) is 7.00. The van der Waals surface area contributed by atoms with E-state index in [0.717, 1.165) is 39.8 Å². The van der Waals surface area contributed by atoms with E-state index in [1.54, 1.807) is 23.3 Å². The molecule has 0 fully saturated rings. The molecule has 1 amide bonds. The zero-order chi connectivity index (χ0) is 19.7. The zero-order valence-electron chi connectivity index (χ0n) is 16.3. The molecule has 28 heavy (non-hydrogen) atoms. The Bertz CT molecular complexity index is 1030. The first-order valence-corrected chi connectivity index (χ1v) is 11.1. The minimum atomic E-state index is 0.0871. The lowest BCUT2D eigenvalue weighted by Gasteiger charge is -2.17. The highest BCUT2D eigenvalue weighted by molar-refractivity contribution is 8.00. The van der Waals surface area contributed by atoms with Gasteiger partial charge in [-0.1, -0.05) is 23.9 Å². The summed E-state index contributed by atoms with van der Waals surface area (Å²) in [5.41, 5.74) is 2.45. The number of nitrogens with zero attached hydrogens (tertiary/aromatic N) is 3. The monoisotopic (exact) mass is 413 g/mol. The molecule has 0 N–H and O–H groups in total. The van der Waals surface area contributed by atoms with Crippen molar-refractivity contribution in [2.75, 3.05) is 19.9 Å². The molecule has 0 atom stereocenters. The third-order valence-electron chi connectivity index (χ3n) is 4.96. The Morgan fingerprint density at radius 1 is 1.32 bits per heavy atom.